The third-order valence-electron chi connectivity index (χ3n) is 3.25. The number of anilines is 1. The van der Waals surface area contributed by atoms with Crippen LogP contribution < -0.4 is 21.1 Å². The van der Waals surface area contributed by atoms with Crippen LogP contribution in [0.25, 0.3) is 0 Å². The van der Waals surface area contributed by atoms with Gasteiger partial charge >= 0.3 is 6.03 Å². The van der Waals surface area contributed by atoms with Crippen molar-refractivity contribution in [3.05, 3.63) is 24.3 Å². The minimum atomic E-state index is -3.66. The summed E-state index contributed by atoms with van der Waals surface area (Å²) in [6.07, 6.45) is 2.49. The van der Waals surface area contributed by atoms with Crippen LogP contribution in [0.3, 0.4) is 0 Å². The van der Waals surface area contributed by atoms with E-state index in [4.69, 9.17) is 5.73 Å². The van der Waals surface area contributed by atoms with E-state index in [-0.39, 0.29) is 10.8 Å². The summed E-state index contributed by atoms with van der Waals surface area (Å²) in [6.45, 7) is 5.76. The van der Waals surface area contributed by atoms with Crippen LogP contribution in [0, 0.1) is 0 Å². The monoisotopic (exact) mass is 384 g/mol. The molecule has 1 rings (SSSR count). The summed E-state index contributed by atoms with van der Waals surface area (Å²) in [7, 11) is -3.66. The largest absolute Gasteiger partial charge is 0.352 e. The topological polar surface area (TPSA) is 130 Å². The zero-order valence-corrected chi connectivity index (χ0v) is 16.3. The highest BCUT2D eigenvalue weighted by Crippen LogP contribution is 2.18. The Hall–Kier alpha value is -2.13. The standard InChI is InChI=1S/C17H28N4O4S/c1-17(2,3)21-26(24,25)14-9-7-8-13(12-14)20-15(22)10-5-4-6-11-19-16(18)23/h7-9,12,21H,4-6,10-11H2,1-3H3,(H,20,22)(H3,18,19,23). The summed E-state index contributed by atoms with van der Waals surface area (Å²) in [6, 6.07) is 5.59. The van der Waals surface area contributed by atoms with Crippen molar-refractivity contribution in [2.24, 2.45) is 5.73 Å². The van der Waals surface area contributed by atoms with Gasteiger partial charge in [-0.2, -0.15) is 0 Å². The quantitative estimate of drug-likeness (QED) is 0.485. The van der Waals surface area contributed by atoms with Crippen LogP contribution in [0.1, 0.15) is 46.5 Å². The third kappa shape index (κ3) is 8.82. The number of carbonyl (C=O) groups is 2. The molecule has 0 saturated carbocycles. The highest BCUT2D eigenvalue weighted by atomic mass is 32.2. The number of amides is 3. The van der Waals surface area contributed by atoms with Gasteiger partial charge in [-0.3, -0.25) is 4.79 Å². The van der Waals surface area contributed by atoms with Crippen LogP contribution in [0.15, 0.2) is 29.2 Å². The van der Waals surface area contributed by atoms with Crippen LogP contribution in [-0.4, -0.2) is 32.4 Å². The molecule has 0 unspecified atom stereocenters. The van der Waals surface area contributed by atoms with Crippen LogP contribution in [0.2, 0.25) is 0 Å². The molecule has 0 aliphatic carbocycles. The molecule has 0 aliphatic heterocycles. The maximum atomic E-state index is 12.3. The van der Waals surface area contributed by atoms with Crippen molar-refractivity contribution in [2.45, 2.75) is 56.9 Å². The van der Waals surface area contributed by atoms with E-state index in [1.54, 1.807) is 32.9 Å². The predicted octanol–water partition coefficient (Wildman–Crippen LogP) is 1.93. The molecule has 0 fully saturated rings. The van der Waals surface area contributed by atoms with E-state index < -0.39 is 21.6 Å². The zero-order chi connectivity index (χ0) is 19.8. The maximum absolute atomic E-state index is 12.3. The molecule has 1 aromatic carbocycles. The fraction of sp³-hybridized carbons (Fsp3) is 0.529. The summed E-state index contributed by atoms with van der Waals surface area (Å²) >= 11 is 0. The fourth-order valence-electron chi connectivity index (χ4n) is 2.23. The molecular weight excluding hydrogens is 356 g/mol. The Morgan fingerprint density at radius 3 is 2.42 bits per heavy atom. The van der Waals surface area contributed by atoms with Crippen molar-refractivity contribution < 1.29 is 18.0 Å². The average molecular weight is 385 g/mol. The summed E-state index contributed by atoms with van der Waals surface area (Å²) in [5.41, 5.74) is 4.79. The van der Waals surface area contributed by atoms with E-state index in [0.29, 0.717) is 25.1 Å². The molecule has 146 valence electrons. The highest BCUT2D eigenvalue weighted by molar-refractivity contribution is 7.89. The van der Waals surface area contributed by atoms with E-state index in [0.717, 1.165) is 12.8 Å². The Morgan fingerprint density at radius 2 is 1.81 bits per heavy atom. The molecule has 0 bridgehead atoms. The van der Waals surface area contributed by atoms with Gasteiger partial charge in [-0.1, -0.05) is 12.5 Å². The van der Waals surface area contributed by atoms with Gasteiger partial charge in [0.05, 0.1) is 4.90 Å². The smallest absolute Gasteiger partial charge is 0.312 e. The lowest BCUT2D eigenvalue weighted by Crippen LogP contribution is -2.40. The second kappa shape index (κ2) is 9.54. The molecule has 0 atom stereocenters. The van der Waals surface area contributed by atoms with Gasteiger partial charge in [-0.05, 0) is 51.8 Å². The van der Waals surface area contributed by atoms with Crippen LogP contribution in [0.5, 0.6) is 0 Å². The highest BCUT2D eigenvalue weighted by Gasteiger charge is 2.22. The number of primary amides is 1. The number of urea groups is 1. The first-order chi connectivity index (χ1) is 12.0. The first-order valence-corrected chi connectivity index (χ1v) is 9.95. The van der Waals surface area contributed by atoms with Gasteiger partial charge in [0.1, 0.15) is 0 Å². The van der Waals surface area contributed by atoms with E-state index >= 15 is 0 Å². The number of unbranched alkanes of at least 4 members (excludes halogenated alkanes) is 2. The molecule has 0 heterocycles. The Morgan fingerprint density at radius 1 is 1.12 bits per heavy atom. The lowest BCUT2D eigenvalue weighted by atomic mass is 10.1. The van der Waals surface area contributed by atoms with E-state index in [9.17, 15) is 18.0 Å². The molecule has 5 N–H and O–H groups in total. The molecule has 0 spiro atoms. The van der Waals surface area contributed by atoms with Crippen molar-refractivity contribution in [3.8, 4) is 0 Å². The lowest BCUT2D eigenvalue weighted by molar-refractivity contribution is -0.116. The summed E-state index contributed by atoms with van der Waals surface area (Å²) in [4.78, 5) is 22.6. The van der Waals surface area contributed by atoms with Gasteiger partial charge in [-0.25, -0.2) is 17.9 Å². The lowest BCUT2D eigenvalue weighted by Gasteiger charge is -2.20. The Balaban J connectivity index is 2.53. The van der Waals surface area contributed by atoms with E-state index in [2.05, 4.69) is 15.4 Å². The van der Waals surface area contributed by atoms with Gasteiger partial charge in [0, 0.05) is 24.2 Å². The predicted molar refractivity (Wildman–Crippen MR) is 101 cm³/mol. The molecule has 0 aromatic heterocycles. The van der Waals surface area contributed by atoms with Crippen molar-refractivity contribution in [1.82, 2.24) is 10.0 Å². The second-order valence-electron chi connectivity index (χ2n) is 7.03. The number of nitrogens with one attached hydrogen (secondary N) is 3. The molecule has 0 saturated heterocycles. The summed E-state index contributed by atoms with van der Waals surface area (Å²) in [5, 5.41) is 5.19. The number of rotatable bonds is 9. The van der Waals surface area contributed by atoms with Crippen molar-refractivity contribution in [1.29, 1.82) is 0 Å². The summed E-state index contributed by atoms with van der Waals surface area (Å²) in [5.74, 6) is -0.189. The van der Waals surface area contributed by atoms with Crippen LogP contribution in [0.4, 0.5) is 10.5 Å². The fourth-order valence-corrected chi connectivity index (χ4v) is 3.69. The Bertz CT molecular complexity index is 727. The second-order valence-corrected chi connectivity index (χ2v) is 8.72. The number of sulfonamides is 1. The van der Waals surface area contributed by atoms with Gasteiger partial charge in [0.25, 0.3) is 0 Å². The molecule has 26 heavy (non-hydrogen) atoms. The number of hydrogen-bond donors (Lipinski definition) is 4. The van der Waals surface area contributed by atoms with Gasteiger partial charge in [0.2, 0.25) is 15.9 Å². The molecule has 0 aliphatic rings. The molecule has 0 radical (unpaired) electrons. The van der Waals surface area contributed by atoms with Crippen molar-refractivity contribution in [3.63, 3.8) is 0 Å². The normalized spacial score (nSPS) is 11.8. The Labute approximate surface area is 155 Å². The van der Waals surface area contributed by atoms with E-state index in [1.807, 2.05) is 0 Å². The van der Waals surface area contributed by atoms with Gasteiger partial charge in [0.15, 0.2) is 0 Å². The average Bonchev–Trinajstić information content (AvgIpc) is 2.48. The number of carbonyl (C=O) groups excluding carboxylic acids is 2. The zero-order valence-electron chi connectivity index (χ0n) is 15.5. The number of benzene rings is 1. The molecular formula is C17H28N4O4S. The molecule has 1 aromatic rings. The SMILES string of the molecule is CC(C)(C)NS(=O)(=O)c1cccc(NC(=O)CCCCCNC(N)=O)c1. The summed E-state index contributed by atoms with van der Waals surface area (Å²) < 4.78 is 27.3. The molecule has 8 nitrogen and oxygen atoms in total. The van der Waals surface area contributed by atoms with Crippen molar-refractivity contribution in [2.75, 3.05) is 11.9 Å². The first kappa shape index (κ1) is 21.9. The van der Waals surface area contributed by atoms with Crippen LogP contribution >= 0.6 is 0 Å². The van der Waals surface area contributed by atoms with Crippen molar-refractivity contribution >= 4 is 27.6 Å². The molecule has 3 amide bonds. The number of hydrogen-bond acceptors (Lipinski definition) is 4. The number of nitrogens with two attached hydrogens (primary N) is 1. The van der Waals surface area contributed by atoms with E-state index in [1.165, 1.54) is 12.1 Å². The molecule has 9 heteroatoms. The van der Waals surface area contributed by atoms with Gasteiger partial charge in [-0.15, -0.1) is 0 Å². The Kier molecular flexibility index (Phi) is 8.04. The third-order valence-corrected chi connectivity index (χ3v) is 5.00. The minimum Gasteiger partial charge on any atom is -0.352 e. The first-order valence-electron chi connectivity index (χ1n) is 8.47. The van der Waals surface area contributed by atoms with Gasteiger partial charge < -0.3 is 16.4 Å². The maximum Gasteiger partial charge on any atom is 0.312 e. The van der Waals surface area contributed by atoms with Crippen LogP contribution in [-0.2, 0) is 14.8 Å². The minimum absolute atomic E-state index is 0.0998.